The number of carbonyl (C=O) groups is 1. The van der Waals surface area contributed by atoms with Gasteiger partial charge < -0.3 is 21.3 Å². The number of nitrogen functional groups attached to an aromatic ring is 1. The standard InChI is InChI=1S/C10H12Cl2N2O3/c11-7-1-5(2-8(13)9(7)12)10(17)14-3-6(16)4-15/h1-2,6,15-16H,3-4,13H2,(H,14,17). The smallest absolute Gasteiger partial charge is 0.251 e. The van der Waals surface area contributed by atoms with Crippen LogP contribution in [0.4, 0.5) is 5.69 Å². The maximum atomic E-state index is 11.6. The van der Waals surface area contributed by atoms with Gasteiger partial charge in [-0.3, -0.25) is 4.79 Å². The molecule has 0 saturated carbocycles. The summed E-state index contributed by atoms with van der Waals surface area (Å²) in [6.45, 7) is -0.487. The highest BCUT2D eigenvalue weighted by Gasteiger charge is 2.12. The molecule has 5 nitrogen and oxygen atoms in total. The van der Waals surface area contributed by atoms with Crippen molar-refractivity contribution in [1.82, 2.24) is 5.32 Å². The van der Waals surface area contributed by atoms with Crippen molar-refractivity contribution in [2.75, 3.05) is 18.9 Å². The molecule has 94 valence electrons. The van der Waals surface area contributed by atoms with Gasteiger partial charge >= 0.3 is 0 Å². The summed E-state index contributed by atoms with van der Waals surface area (Å²) in [5.74, 6) is -0.456. The van der Waals surface area contributed by atoms with Crippen molar-refractivity contribution in [1.29, 1.82) is 0 Å². The second kappa shape index (κ2) is 6.07. The highest BCUT2D eigenvalue weighted by Crippen LogP contribution is 2.29. The first-order valence-electron chi connectivity index (χ1n) is 4.77. The average molecular weight is 279 g/mol. The molecule has 0 aliphatic carbocycles. The van der Waals surface area contributed by atoms with Crippen molar-refractivity contribution in [2.24, 2.45) is 0 Å². The van der Waals surface area contributed by atoms with E-state index in [0.29, 0.717) is 0 Å². The highest BCUT2D eigenvalue weighted by molar-refractivity contribution is 6.43. The summed E-state index contributed by atoms with van der Waals surface area (Å²) < 4.78 is 0. The van der Waals surface area contributed by atoms with Crippen LogP contribution in [0, 0.1) is 0 Å². The Morgan fingerprint density at radius 2 is 2.12 bits per heavy atom. The lowest BCUT2D eigenvalue weighted by Gasteiger charge is -2.10. The van der Waals surface area contributed by atoms with Crippen LogP contribution in [0.15, 0.2) is 12.1 Å². The van der Waals surface area contributed by atoms with E-state index in [4.69, 9.17) is 39.1 Å². The number of aliphatic hydroxyl groups is 2. The average Bonchev–Trinajstić information content (AvgIpc) is 2.31. The Morgan fingerprint density at radius 1 is 1.47 bits per heavy atom. The number of amides is 1. The van der Waals surface area contributed by atoms with Crippen molar-refractivity contribution in [3.63, 3.8) is 0 Å². The van der Waals surface area contributed by atoms with Crippen LogP contribution in [-0.2, 0) is 0 Å². The van der Waals surface area contributed by atoms with Gasteiger partial charge in [0.05, 0.1) is 28.4 Å². The predicted molar refractivity (Wildman–Crippen MR) is 66.3 cm³/mol. The second-order valence-electron chi connectivity index (χ2n) is 3.41. The van der Waals surface area contributed by atoms with Crippen molar-refractivity contribution >= 4 is 34.8 Å². The van der Waals surface area contributed by atoms with E-state index in [-0.39, 0.29) is 27.8 Å². The van der Waals surface area contributed by atoms with Gasteiger partial charge in [-0.15, -0.1) is 0 Å². The second-order valence-corrected chi connectivity index (χ2v) is 4.19. The number of carbonyl (C=O) groups excluding carboxylic acids is 1. The number of aliphatic hydroxyl groups excluding tert-OH is 2. The molecule has 0 spiro atoms. The molecular formula is C10H12Cl2N2O3. The molecule has 0 aliphatic heterocycles. The summed E-state index contributed by atoms with van der Waals surface area (Å²) in [5.41, 5.74) is 5.99. The number of nitrogens with two attached hydrogens (primary N) is 1. The van der Waals surface area contributed by atoms with Crippen LogP contribution >= 0.6 is 23.2 Å². The van der Waals surface area contributed by atoms with E-state index >= 15 is 0 Å². The van der Waals surface area contributed by atoms with E-state index < -0.39 is 18.6 Å². The molecule has 1 aromatic rings. The molecule has 1 aromatic carbocycles. The molecule has 0 bridgehead atoms. The molecule has 0 aromatic heterocycles. The number of hydrogen-bond acceptors (Lipinski definition) is 4. The molecular weight excluding hydrogens is 267 g/mol. The zero-order chi connectivity index (χ0) is 13.0. The van der Waals surface area contributed by atoms with E-state index in [2.05, 4.69) is 5.32 Å². The Balaban J connectivity index is 2.76. The molecule has 7 heteroatoms. The van der Waals surface area contributed by atoms with E-state index in [1.165, 1.54) is 12.1 Å². The fourth-order valence-electron chi connectivity index (χ4n) is 1.12. The fourth-order valence-corrected chi connectivity index (χ4v) is 1.45. The van der Waals surface area contributed by atoms with E-state index in [9.17, 15) is 4.79 Å². The first-order chi connectivity index (χ1) is 7.95. The van der Waals surface area contributed by atoms with Crippen LogP contribution in [0.1, 0.15) is 10.4 Å². The summed E-state index contributed by atoms with van der Waals surface area (Å²) in [6.07, 6.45) is -1.00. The van der Waals surface area contributed by atoms with Crippen LogP contribution in [0.25, 0.3) is 0 Å². The number of anilines is 1. The third kappa shape index (κ3) is 3.74. The van der Waals surface area contributed by atoms with Crippen molar-refractivity contribution in [2.45, 2.75) is 6.10 Å². The molecule has 0 heterocycles. The maximum Gasteiger partial charge on any atom is 0.251 e. The molecule has 1 unspecified atom stereocenters. The lowest BCUT2D eigenvalue weighted by molar-refractivity contribution is 0.0802. The highest BCUT2D eigenvalue weighted by atomic mass is 35.5. The van der Waals surface area contributed by atoms with Crippen LogP contribution in [0.5, 0.6) is 0 Å². The summed E-state index contributed by atoms with van der Waals surface area (Å²) in [6, 6.07) is 2.76. The van der Waals surface area contributed by atoms with Crippen LogP contribution in [-0.4, -0.2) is 35.4 Å². The number of benzene rings is 1. The number of rotatable bonds is 4. The van der Waals surface area contributed by atoms with Gasteiger partial charge in [0, 0.05) is 12.1 Å². The zero-order valence-electron chi connectivity index (χ0n) is 8.78. The van der Waals surface area contributed by atoms with E-state index in [1.54, 1.807) is 0 Å². The molecule has 0 fully saturated rings. The first-order valence-corrected chi connectivity index (χ1v) is 5.53. The van der Waals surface area contributed by atoms with Crippen LogP contribution < -0.4 is 11.1 Å². The minimum absolute atomic E-state index is 0.0600. The van der Waals surface area contributed by atoms with Gasteiger partial charge in [0.1, 0.15) is 0 Å². The Morgan fingerprint density at radius 3 is 2.65 bits per heavy atom. The summed E-state index contributed by atoms with van der Waals surface area (Å²) in [5, 5.41) is 20.4. The summed E-state index contributed by atoms with van der Waals surface area (Å²) >= 11 is 11.5. The molecule has 0 aliphatic rings. The maximum absolute atomic E-state index is 11.6. The molecule has 1 amide bonds. The fraction of sp³-hybridized carbons (Fsp3) is 0.300. The van der Waals surface area contributed by atoms with Crippen molar-refractivity contribution in [3.8, 4) is 0 Å². The minimum Gasteiger partial charge on any atom is -0.397 e. The monoisotopic (exact) mass is 278 g/mol. The third-order valence-corrected chi connectivity index (χ3v) is 2.84. The first kappa shape index (κ1) is 14.1. The lowest BCUT2D eigenvalue weighted by atomic mass is 10.2. The van der Waals surface area contributed by atoms with Gasteiger partial charge in [-0.2, -0.15) is 0 Å². The van der Waals surface area contributed by atoms with E-state index in [1.807, 2.05) is 0 Å². The summed E-state index contributed by atoms with van der Waals surface area (Å²) in [7, 11) is 0. The van der Waals surface area contributed by atoms with Crippen LogP contribution in [0.3, 0.4) is 0 Å². The third-order valence-electron chi connectivity index (χ3n) is 2.03. The van der Waals surface area contributed by atoms with Gasteiger partial charge in [0.15, 0.2) is 0 Å². The molecule has 1 rings (SSSR count). The normalized spacial score (nSPS) is 12.2. The number of halogens is 2. The molecule has 0 radical (unpaired) electrons. The Hall–Kier alpha value is -1.01. The SMILES string of the molecule is Nc1cc(C(=O)NCC(O)CO)cc(Cl)c1Cl. The topological polar surface area (TPSA) is 95.6 Å². The Labute approximate surface area is 108 Å². The van der Waals surface area contributed by atoms with Gasteiger partial charge in [-0.05, 0) is 12.1 Å². The quantitative estimate of drug-likeness (QED) is 0.609. The van der Waals surface area contributed by atoms with Gasteiger partial charge in [0.25, 0.3) is 5.91 Å². The predicted octanol–water partition coefficient (Wildman–Crippen LogP) is 0.659. The van der Waals surface area contributed by atoms with Gasteiger partial charge in [-0.25, -0.2) is 0 Å². The number of hydrogen-bond donors (Lipinski definition) is 4. The Kier molecular flexibility index (Phi) is 5.02. The Bertz CT molecular complexity index is 403. The van der Waals surface area contributed by atoms with Crippen molar-refractivity contribution in [3.05, 3.63) is 27.7 Å². The summed E-state index contributed by atoms with van der Waals surface area (Å²) in [4.78, 5) is 11.6. The zero-order valence-corrected chi connectivity index (χ0v) is 10.3. The van der Waals surface area contributed by atoms with Gasteiger partial charge in [-0.1, -0.05) is 23.2 Å². The van der Waals surface area contributed by atoms with Crippen LogP contribution in [0.2, 0.25) is 10.0 Å². The molecule has 17 heavy (non-hydrogen) atoms. The molecule has 1 atom stereocenters. The number of nitrogens with one attached hydrogen (secondary N) is 1. The lowest BCUT2D eigenvalue weighted by Crippen LogP contribution is -2.33. The largest absolute Gasteiger partial charge is 0.397 e. The van der Waals surface area contributed by atoms with Gasteiger partial charge in [0.2, 0.25) is 0 Å². The van der Waals surface area contributed by atoms with E-state index in [0.717, 1.165) is 0 Å². The van der Waals surface area contributed by atoms with Crippen molar-refractivity contribution < 1.29 is 15.0 Å². The molecule has 0 saturated heterocycles. The molecule has 5 N–H and O–H groups in total. The minimum atomic E-state index is -1.00.